The van der Waals surface area contributed by atoms with E-state index in [0.717, 1.165) is 25.8 Å². The van der Waals surface area contributed by atoms with E-state index in [1.165, 1.54) is 0 Å². The summed E-state index contributed by atoms with van der Waals surface area (Å²) in [4.78, 5) is 14.1. The minimum Gasteiger partial charge on any atom is -0.491 e. The van der Waals surface area contributed by atoms with Gasteiger partial charge in [0.1, 0.15) is 5.75 Å². The molecule has 1 aliphatic heterocycles. The Morgan fingerprint density at radius 2 is 2.26 bits per heavy atom. The number of ether oxygens (including phenoxy) is 1. The second-order valence-electron chi connectivity index (χ2n) is 4.93. The van der Waals surface area contributed by atoms with Crippen LogP contribution in [0.3, 0.4) is 0 Å². The number of anilines is 1. The number of benzene rings is 1. The highest BCUT2D eigenvalue weighted by molar-refractivity contribution is 5.77. The standard InChI is InChI=1S/C15H22N2O2/c1-2-12-6-5-10-17(12)15(18)9-11-19-14-8-4-3-7-13(14)16/h3-4,7-8,12H,2,5-6,9-11,16H2,1H3. The van der Waals surface area contributed by atoms with E-state index in [1.54, 1.807) is 6.07 Å². The quantitative estimate of drug-likeness (QED) is 0.829. The zero-order valence-corrected chi connectivity index (χ0v) is 11.5. The zero-order chi connectivity index (χ0) is 13.7. The van der Waals surface area contributed by atoms with E-state index in [1.807, 2.05) is 23.1 Å². The van der Waals surface area contributed by atoms with Gasteiger partial charge in [-0.25, -0.2) is 0 Å². The predicted octanol–water partition coefficient (Wildman–Crippen LogP) is 2.44. The fourth-order valence-corrected chi connectivity index (χ4v) is 2.59. The van der Waals surface area contributed by atoms with Crippen molar-refractivity contribution in [3.63, 3.8) is 0 Å². The first-order valence-electron chi connectivity index (χ1n) is 6.99. The molecule has 0 aromatic heterocycles. The first-order valence-corrected chi connectivity index (χ1v) is 6.99. The van der Waals surface area contributed by atoms with Gasteiger partial charge in [0.15, 0.2) is 0 Å². The Kier molecular flexibility index (Phi) is 4.66. The highest BCUT2D eigenvalue weighted by atomic mass is 16.5. The Morgan fingerprint density at radius 1 is 1.47 bits per heavy atom. The number of nitrogen functional groups attached to an aromatic ring is 1. The molecule has 1 unspecified atom stereocenters. The second kappa shape index (κ2) is 6.45. The van der Waals surface area contributed by atoms with Crippen molar-refractivity contribution < 1.29 is 9.53 Å². The summed E-state index contributed by atoms with van der Waals surface area (Å²) in [5.74, 6) is 0.850. The molecule has 104 valence electrons. The molecule has 0 bridgehead atoms. The van der Waals surface area contributed by atoms with Gasteiger partial charge in [-0.1, -0.05) is 19.1 Å². The SMILES string of the molecule is CCC1CCCN1C(=O)CCOc1ccccc1N. The van der Waals surface area contributed by atoms with Crippen LogP contribution < -0.4 is 10.5 Å². The normalized spacial score (nSPS) is 18.6. The maximum Gasteiger partial charge on any atom is 0.226 e. The van der Waals surface area contributed by atoms with Crippen LogP contribution in [-0.4, -0.2) is 30.0 Å². The van der Waals surface area contributed by atoms with Crippen LogP contribution in [-0.2, 0) is 4.79 Å². The molecule has 0 spiro atoms. The number of likely N-dealkylation sites (tertiary alicyclic amines) is 1. The summed E-state index contributed by atoms with van der Waals surface area (Å²) in [7, 11) is 0. The van der Waals surface area contributed by atoms with Gasteiger partial charge >= 0.3 is 0 Å². The maximum absolute atomic E-state index is 12.1. The molecule has 1 heterocycles. The summed E-state index contributed by atoms with van der Waals surface area (Å²) < 4.78 is 5.56. The molecule has 19 heavy (non-hydrogen) atoms. The van der Waals surface area contributed by atoms with E-state index in [9.17, 15) is 4.79 Å². The summed E-state index contributed by atoms with van der Waals surface area (Å²) in [5.41, 5.74) is 6.40. The van der Waals surface area contributed by atoms with Gasteiger partial charge < -0.3 is 15.4 Å². The summed E-state index contributed by atoms with van der Waals surface area (Å²) in [6, 6.07) is 7.79. The lowest BCUT2D eigenvalue weighted by Crippen LogP contribution is -2.35. The molecule has 1 aromatic rings. The van der Waals surface area contributed by atoms with Crippen molar-refractivity contribution in [1.82, 2.24) is 4.90 Å². The molecule has 0 radical (unpaired) electrons. The van der Waals surface area contributed by atoms with Crippen LogP contribution in [0.1, 0.15) is 32.6 Å². The third-order valence-electron chi connectivity index (χ3n) is 3.66. The molecular formula is C15H22N2O2. The lowest BCUT2D eigenvalue weighted by Gasteiger charge is -2.23. The van der Waals surface area contributed by atoms with Crippen LogP contribution in [0.5, 0.6) is 5.75 Å². The molecule has 1 atom stereocenters. The number of hydrogen-bond donors (Lipinski definition) is 1. The number of nitrogens with zero attached hydrogens (tertiary/aromatic N) is 1. The van der Waals surface area contributed by atoms with E-state index in [4.69, 9.17) is 10.5 Å². The van der Waals surface area contributed by atoms with Gasteiger partial charge in [0.25, 0.3) is 0 Å². The number of carbonyl (C=O) groups is 1. The largest absolute Gasteiger partial charge is 0.491 e. The van der Waals surface area contributed by atoms with Crippen molar-refractivity contribution in [1.29, 1.82) is 0 Å². The van der Waals surface area contributed by atoms with Crippen molar-refractivity contribution >= 4 is 11.6 Å². The molecule has 1 fully saturated rings. The van der Waals surface area contributed by atoms with E-state index >= 15 is 0 Å². The van der Waals surface area contributed by atoms with Gasteiger partial charge in [-0.05, 0) is 31.4 Å². The molecule has 4 nitrogen and oxygen atoms in total. The molecule has 1 saturated heterocycles. The molecular weight excluding hydrogens is 240 g/mol. The third-order valence-corrected chi connectivity index (χ3v) is 3.66. The average molecular weight is 262 g/mol. The Labute approximate surface area is 114 Å². The monoisotopic (exact) mass is 262 g/mol. The number of para-hydroxylation sites is 2. The number of carbonyl (C=O) groups excluding carboxylic acids is 1. The zero-order valence-electron chi connectivity index (χ0n) is 11.5. The van der Waals surface area contributed by atoms with Crippen molar-refractivity contribution in [3.05, 3.63) is 24.3 Å². The van der Waals surface area contributed by atoms with Gasteiger partial charge in [-0.2, -0.15) is 0 Å². The predicted molar refractivity (Wildman–Crippen MR) is 76.0 cm³/mol. The lowest BCUT2D eigenvalue weighted by atomic mass is 10.1. The Morgan fingerprint density at radius 3 is 3.00 bits per heavy atom. The number of amides is 1. The summed E-state index contributed by atoms with van der Waals surface area (Å²) in [6.07, 6.45) is 3.72. The molecule has 0 saturated carbocycles. The lowest BCUT2D eigenvalue weighted by molar-refractivity contribution is -0.132. The van der Waals surface area contributed by atoms with Crippen molar-refractivity contribution in [3.8, 4) is 5.75 Å². The van der Waals surface area contributed by atoms with Gasteiger partial charge in [0.05, 0.1) is 18.7 Å². The minimum atomic E-state index is 0.193. The summed E-state index contributed by atoms with van der Waals surface area (Å²) >= 11 is 0. The first-order chi connectivity index (χ1) is 9.22. The maximum atomic E-state index is 12.1. The first kappa shape index (κ1) is 13.7. The molecule has 0 aliphatic carbocycles. The Bertz CT molecular complexity index is 434. The molecule has 4 heteroatoms. The highest BCUT2D eigenvalue weighted by Crippen LogP contribution is 2.22. The molecule has 1 aliphatic rings. The van der Waals surface area contributed by atoms with Crippen LogP contribution in [0.2, 0.25) is 0 Å². The molecule has 2 N–H and O–H groups in total. The number of rotatable bonds is 5. The fraction of sp³-hybridized carbons (Fsp3) is 0.533. The van der Waals surface area contributed by atoms with Gasteiger partial charge in [0.2, 0.25) is 5.91 Å². The van der Waals surface area contributed by atoms with E-state index in [-0.39, 0.29) is 5.91 Å². The van der Waals surface area contributed by atoms with E-state index < -0.39 is 0 Å². The highest BCUT2D eigenvalue weighted by Gasteiger charge is 2.26. The molecule has 2 rings (SSSR count). The van der Waals surface area contributed by atoms with Crippen LogP contribution in [0.4, 0.5) is 5.69 Å². The van der Waals surface area contributed by atoms with Crippen LogP contribution in [0.15, 0.2) is 24.3 Å². The number of nitrogens with two attached hydrogens (primary N) is 1. The van der Waals surface area contributed by atoms with Crippen LogP contribution in [0, 0.1) is 0 Å². The van der Waals surface area contributed by atoms with Crippen molar-refractivity contribution in [2.45, 2.75) is 38.6 Å². The smallest absolute Gasteiger partial charge is 0.226 e. The van der Waals surface area contributed by atoms with Crippen molar-refractivity contribution in [2.75, 3.05) is 18.9 Å². The van der Waals surface area contributed by atoms with Gasteiger partial charge in [-0.15, -0.1) is 0 Å². The summed E-state index contributed by atoms with van der Waals surface area (Å²) in [6.45, 7) is 3.42. The van der Waals surface area contributed by atoms with Gasteiger partial charge in [-0.3, -0.25) is 4.79 Å². The summed E-state index contributed by atoms with van der Waals surface area (Å²) in [5, 5.41) is 0. The Balaban J connectivity index is 1.80. The number of hydrogen-bond acceptors (Lipinski definition) is 3. The van der Waals surface area contributed by atoms with Gasteiger partial charge in [0, 0.05) is 12.6 Å². The van der Waals surface area contributed by atoms with Crippen LogP contribution in [0.25, 0.3) is 0 Å². The van der Waals surface area contributed by atoms with Crippen molar-refractivity contribution in [2.24, 2.45) is 0 Å². The molecule has 1 aromatic carbocycles. The third kappa shape index (κ3) is 3.40. The Hall–Kier alpha value is -1.71. The molecule has 1 amide bonds. The fourth-order valence-electron chi connectivity index (χ4n) is 2.59. The second-order valence-corrected chi connectivity index (χ2v) is 4.93. The minimum absolute atomic E-state index is 0.193. The van der Waals surface area contributed by atoms with E-state index in [0.29, 0.717) is 30.5 Å². The van der Waals surface area contributed by atoms with Crippen LogP contribution >= 0.6 is 0 Å². The average Bonchev–Trinajstić information content (AvgIpc) is 2.89. The topological polar surface area (TPSA) is 55.6 Å². The van der Waals surface area contributed by atoms with E-state index in [2.05, 4.69) is 6.92 Å².